The van der Waals surface area contributed by atoms with Crippen LogP contribution >= 0.6 is 11.6 Å². The van der Waals surface area contributed by atoms with Crippen LogP contribution in [0.2, 0.25) is 5.02 Å². The van der Waals surface area contributed by atoms with Crippen LogP contribution < -0.4 is 5.32 Å². The number of hydrogen-bond acceptors (Lipinski definition) is 4. The highest BCUT2D eigenvalue weighted by atomic mass is 35.5. The zero-order valence-corrected chi connectivity index (χ0v) is 17.2. The van der Waals surface area contributed by atoms with E-state index < -0.39 is 10.0 Å². The molecule has 3 aromatic rings. The van der Waals surface area contributed by atoms with Crippen molar-refractivity contribution >= 4 is 44.1 Å². The Morgan fingerprint density at radius 3 is 2.55 bits per heavy atom. The normalized spacial score (nSPS) is 16.0. The molecule has 0 unspecified atom stereocenters. The summed E-state index contributed by atoms with van der Waals surface area (Å²) < 4.78 is 27.8. The van der Waals surface area contributed by atoms with Crippen LogP contribution in [-0.2, 0) is 14.8 Å². The number of carbonyl (C=O) groups excluding carboxylic acids is 1. The second kappa shape index (κ2) is 8.10. The molecule has 1 aromatic heterocycles. The molecular formula is C21H20ClN3O3S. The van der Waals surface area contributed by atoms with Gasteiger partial charge in [-0.15, -0.1) is 0 Å². The van der Waals surface area contributed by atoms with Gasteiger partial charge in [0, 0.05) is 41.3 Å². The van der Waals surface area contributed by atoms with Gasteiger partial charge in [0.25, 0.3) is 0 Å². The number of amides is 1. The second-order valence-electron chi connectivity index (χ2n) is 7.01. The molecule has 0 bridgehead atoms. The summed E-state index contributed by atoms with van der Waals surface area (Å²) in [5.41, 5.74) is 1.11. The molecule has 29 heavy (non-hydrogen) atoms. The third-order valence-electron chi connectivity index (χ3n) is 5.13. The Bertz CT molecular complexity index is 1150. The molecule has 1 saturated heterocycles. The van der Waals surface area contributed by atoms with Crippen molar-refractivity contribution in [1.29, 1.82) is 0 Å². The molecule has 1 aliphatic rings. The van der Waals surface area contributed by atoms with Gasteiger partial charge in [0.1, 0.15) is 4.90 Å². The van der Waals surface area contributed by atoms with Crippen molar-refractivity contribution in [3.8, 4) is 0 Å². The van der Waals surface area contributed by atoms with Crippen molar-refractivity contribution < 1.29 is 13.2 Å². The summed E-state index contributed by atoms with van der Waals surface area (Å²) in [6.45, 7) is 0.582. The van der Waals surface area contributed by atoms with Crippen LogP contribution in [0.15, 0.2) is 65.7 Å². The van der Waals surface area contributed by atoms with E-state index in [4.69, 9.17) is 11.6 Å². The topological polar surface area (TPSA) is 79.4 Å². The largest absolute Gasteiger partial charge is 0.326 e. The van der Waals surface area contributed by atoms with Gasteiger partial charge in [-0.1, -0.05) is 35.9 Å². The summed E-state index contributed by atoms with van der Waals surface area (Å²) in [6, 6.07) is 15.7. The van der Waals surface area contributed by atoms with E-state index in [0.29, 0.717) is 42.2 Å². The van der Waals surface area contributed by atoms with Crippen molar-refractivity contribution in [3.05, 3.63) is 65.8 Å². The summed E-state index contributed by atoms with van der Waals surface area (Å²) in [5.74, 6) is -0.359. The average molecular weight is 430 g/mol. The molecule has 1 N–H and O–H groups in total. The quantitative estimate of drug-likeness (QED) is 0.681. The van der Waals surface area contributed by atoms with Crippen LogP contribution in [0.4, 0.5) is 5.69 Å². The summed E-state index contributed by atoms with van der Waals surface area (Å²) in [6.07, 6.45) is 2.52. The van der Waals surface area contributed by atoms with Crippen molar-refractivity contribution in [2.24, 2.45) is 5.92 Å². The maximum atomic E-state index is 13.2. The van der Waals surface area contributed by atoms with Crippen molar-refractivity contribution in [2.75, 3.05) is 18.4 Å². The number of piperidine rings is 1. The van der Waals surface area contributed by atoms with E-state index in [2.05, 4.69) is 10.3 Å². The Kier molecular flexibility index (Phi) is 5.54. The molecule has 1 aliphatic heterocycles. The van der Waals surface area contributed by atoms with Gasteiger partial charge in [-0.05, 0) is 43.2 Å². The number of sulfonamides is 1. The highest BCUT2D eigenvalue weighted by Crippen LogP contribution is 2.28. The highest BCUT2D eigenvalue weighted by Gasteiger charge is 2.33. The number of nitrogens with one attached hydrogen (secondary N) is 1. The fourth-order valence-electron chi connectivity index (χ4n) is 3.59. The Balaban J connectivity index is 1.46. The number of fused-ring (bicyclic) bond motifs is 1. The SMILES string of the molecule is O=C(Nc1cccc(Cl)c1)C1CCN(S(=O)(=O)c2cccc3cccnc23)CC1. The van der Waals surface area contributed by atoms with Gasteiger partial charge in [0.15, 0.2) is 0 Å². The molecule has 1 amide bonds. The first-order chi connectivity index (χ1) is 13.9. The summed E-state index contributed by atoms with van der Waals surface area (Å²) in [4.78, 5) is 17.0. The number of benzene rings is 2. The molecule has 0 saturated carbocycles. The lowest BCUT2D eigenvalue weighted by Gasteiger charge is -2.30. The number of nitrogens with zero attached hydrogens (tertiary/aromatic N) is 2. The molecule has 0 spiro atoms. The first-order valence-corrected chi connectivity index (χ1v) is 11.2. The predicted molar refractivity (Wildman–Crippen MR) is 113 cm³/mol. The molecule has 2 aromatic carbocycles. The first kappa shape index (κ1) is 19.8. The van der Waals surface area contributed by atoms with Crippen molar-refractivity contribution in [1.82, 2.24) is 9.29 Å². The molecule has 2 heterocycles. The molecule has 0 atom stereocenters. The van der Waals surface area contributed by atoms with Gasteiger partial charge in [0.05, 0.1) is 5.52 Å². The van der Waals surface area contributed by atoms with Crippen LogP contribution in [0, 0.1) is 5.92 Å². The third kappa shape index (κ3) is 4.12. The minimum absolute atomic E-state index is 0.115. The summed E-state index contributed by atoms with van der Waals surface area (Å²) in [7, 11) is -3.68. The summed E-state index contributed by atoms with van der Waals surface area (Å²) in [5, 5.41) is 4.19. The van der Waals surface area contributed by atoms with Gasteiger partial charge in [-0.2, -0.15) is 4.31 Å². The van der Waals surface area contributed by atoms with Crippen molar-refractivity contribution in [3.63, 3.8) is 0 Å². The zero-order chi connectivity index (χ0) is 20.4. The molecule has 1 fully saturated rings. The molecule has 150 valence electrons. The molecule has 8 heteroatoms. The molecule has 0 aliphatic carbocycles. The molecular weight excluding hydrogens is 410 g/mol. The van der Waals surface area contributed by atoms with Crippen LogP contribution in [-0.4, -0.2) is 36.7 Å². The van der Waals surface area contributed by atoms with E-state index in [0.717, 1.165) is 5.39 Å². The van der Waals surface area contributed by atoms with Crippen molar-refractivity contribution in [2.45, 2.75) is 17.7 Å². The van der Waals surface area contributed by atoms with Crippen LogP contribution in [0.1, 0.15) is 12.8 Å². The van der Waals surface area contributed by atoms with E-state index in [1.54, 1.807) is 48.7 Å². The van der Waals surface area contributed by atoms with E-state index in [9.17, 15) is 13.2 Å². The fraction of sp³-hybridized carbons (Fsp3) is 0.238. The number of hydrogen-bond donors (Lipinski definition) is 1. The number of pyridine rings is 1. The van der Waals surface area contributed by atoms with E-state index in [-0.39, 0.29) is 16.7 Å². The minimum atomic E-state index is -3.68. The number of rotatable bonds is 4. The smallest absolute Gasteiger partial charge is 0.245 e. The Morgan fingerprint density at radius 1 is 1.07 bits per heavy atom. The highest BCUT2D eigenvalue weighted by molar-refractivity contribution is 7.89. The molecule has 0 radical (unpaired) electrons. The van der Waals surface area contributed by atoms with Crippen LogP contribution in [0.25, 0.3) is 10.9 Å². The first-order valence-electron chi connectivity index (χ1n) is 9.35. The van der Waals surface area contributed by atoms with Gasteiger partial charge in [-0.3, -0.25) is 9.78 Å². The van der Waals surface area contributed by atoms with Crippen LogP contribution in [0.3, 0.4) is 0 Å². The third-order valence-corrected chi connectivity index (χ3v) is 7.30. The monoisotopic (exact) mass is 429 g/mol. The van der Waals surface area contributed by atoms with Gasteiger partial charge >= 0.3 is 0 Å². The summed E-state index contributed by atoms with van der Waals surface area (Å²) >= 11 is 5.95. The van der Waals surface area contributed by atoms with Gasteiger partial charge in [-0.25, -0.2) is 8.42 Å². The fourth-order valence-corrected chi connectivity index (χ4v) is 5.42. The molecule has 4 rings (SSSR count). The van der Waals surface area contributed by atoms with E-state index in [1.807, 2.05) is 12.1 Å². The zero-order valence-electron chi connectivity index (χ0n) is 15.6. The van der Waals surface area contributed by atoms with E-state index >= 15 is 0 Å². The lowest BCUT2D eigenvalue weighted by atomic mass is 9.97. The number of anilines is 1. The number of halogens is 1. The Hall–Kier alpha value is -2.48. The van der Waals surface area contributed by atoms with Gasteiger partial charge < -0.3 is 5.32 Å². The number of carbonyl (C=O) groups is 1. The lowest BCUT2D eigenvalue weighted by molar-refractivity contribution is -0.120. The van der Waals surface area contributed by atoms with Crippen LogP contribution in [0.5, 0.6) is 0 Å². The average Bonchev–Trinajstić information content (AvgIpc) is 2.73. The molecule has 6 nitrogen and oxygen atoms in total. The minimum Gasteiger partial charge on any atom is -0.326 e. The standard InChI is InChI=1S/C21H20ClN3O3S/c22-17-6-2-7-18(14-17)24-21(26)16-9-12-25(13-10-16)29(27,28)19-8-1-4-15-5-3-11-23-20(15)19/h1-8,11,14,16H,9-10,12-13H2,(H,24,26). The van der Waals surface area contributed by atoms with Gasteiger partial charge in [0.2, 0.25) is 15.9 Å². The second-order valence-corrected chi connectivity index (χ2v) is 9.35. The maximum Gasteiger partial charge on any atom is 0.245 e. The number of para-hydroxylation sites is 1. The maximum absolute atomic E-state index is 13.2. The Labute approximate surface area is 174 Å². The lowest BCUT2D eigenvalue weighted by Crippen LogP contribution is -2.41. The predicted octanol–water partition coefficient (Wildman–Crippen LogP) is 3.93. The Morgan fingerprint density at radius 2 is 1.79 bits per heavy atom. The van der Waals surface area contributed by atoms with E-state index in [1.165, 1.54) is 4.31 Å². The number of aromatic nitrogens is 1.